The molecule has 0 aromatic rings. The van der Waals surface area contributed by atoms with Crippen molar-refractivity contribution < 1.29 is 0 Å². The Balaban J connectivity index is 3.80. The van der Waals surface area contributed by atoms with Gasteiger partial charge in [-0.15, -0.1) is 0 Å². The van der Waals surface area contributed by atoms with E-state index >= 15 is 0 Å². The highest BCUT2D eigenvalue weighted by molar-refractivity contribution is 7.82. The minimum absolute atomic E-state index is 0.0965. The smallest absolute Gasteiger partial charge is 0.0469 e. The molecule has 1 atom stereocenters. The van der Waals surface area contributed by atoms with E-state index < -0.39 is 0 Å². The first-order chi connectivity index (χ1) is 3.48. The van der Waals surface area contributed by atoms with Gasteiger partial charge in [-0.3, -0.25) is 0 Å². The van der Waals surface area contributed by atoms with E-state index in [0.717, 1.165) is 0 Å². The summed E-state index contributed by atoms with van der Waals surface area (Å²) in [7, 11) is 0. The van der Waals surface area contributed by atoms with Crippen molar-refractivity contribution in [2.45, 2.75) is 24.6 Å². The van der Waals surface area contributed by atoms with Gasteiger partial charge in [0.25, 0.3) is 0 Å². The summed E-state index contributed by atoms with van der Waals surface area (Å²) in [5, 5.41) is 1.53. The summed E-state index contributed by atoms with van der Waals surface area (Å²) in [5.41, 5.74) is 5.51. The van der Waals surface area contributed by atoms with Gasteiger partial charge in [0.2, 0.25) is 0 Å². The van der Waals surface area contributed by atoms with Crippen molar-refractivity contribution in [3.05, 3.63) is 0 Å². The number of nitrogens with two attached hydrogens (primary N) is 1. The Bertz CT molecular complexity index is 84.9. The first-order valence-electron chi connectivity index (χ1n) is 2.41. The van der Waals surface area contributed by atoms with Crippen LogP contribution in [0.15, 0.2) is 0 Å². The SMILES string of the molecule is CC(C)(S)[C@H](N)C=S. The van der Waals surface area contributed by atoms with Crippen LogP contribution in [-0.4, -0.2) is 16.2 Å². The fraction of sp³-hybridized carbons (Fsp3) is 0.800. The van der Waals surface area contributed by atoms with Crippen LogP contribution in [0.25, 0.3) is 0 Å². The van der Waals surface area contributed by atoms with Crippen molar-refractivity contribution in [1.29, 1.82) is 0 Å². The molecule has 3 heteroatoms. The Hall–Kier alpha value is 0.400. The molecule has 0 radical (unpaired) electrons. The molecule has 0 spiro atoms. The van der Waals surface area contributed by atoms with Gasteiger partial charge in [-0.2, -0.15) is 12.6 Å². The van der Waals surface area contributed by atoms with E-state index in [2.05, 4.69) is 24.8 Å². The fourth-order valence-corrected chi connectivity index (χ4v) is 0.682. The number of hydrogen-bond acceptors (Lipinski definition) is 3. The summed E-state index contributed by atoms with van der Waals surface area (Å²) in [5.74, 6) is 0. The Morgan fingerprint density at radius 1 is 1.75 bits per heavy atom. The van der Waals surface area contributed by atoms with Gasteiger partial charge in [0.15, 0.2) is 0 Å². The lowest BCUT2D eigenvalue weighted by Crippen LogP contribution is -2.39. The van der Waals surface area contributed by atoms with Gasteiger partial charge in [0.1, 0.15) is 0 Å². The van der Waals surface area contributed by atoms with Crippen LogP contribution in [-0.2, 0) is 0 Å². The maximum Gasteiger partial charge on any atom is 0.0469 e. The Morgan fingerprint density at radius 2 is 2.12 bits per heavy atom. The fourth-order valence-electron chi connectivity index (χ4n) is 0.167. The van der Waals surface area contributed by atoms with E-state index in [4.69, 9.17) is 5.73 Å². The minimum atomic E-state index is -0.179. The molecule has 0 rings (SSSR count). The molecule has 0 aromatic carbocycles. The van der Waals surface area contributed by atoms with Gasteiger partial charge in [-0.05, 0) is 19.2 Å². The van der Waals surface area contributed by atoms with Crippen molar-refractivity contribution >= 4 is 30.2 Å². The average Bonchev–Trinajstić information content (AvgIpc) is 1.62. The molecule has 0 saturated carbocycles. The zero-order valence-corrected chi connectivity index (χ0v) is 6.80. The minimum Gasteiger partial charge on any atom is -0.323 e. The van der Waals surface area contributed by atoms with Gasteiger partial charge in [0.05, 0.1) is 0 Å². The van der Waals surface area contributed by atoms with E-state index in [-0.39, 0.29) is 10.8 Å². The zero-order valence-electron chi connectivity index (χ0n) is 5.09. The summed E-state index contributed by atoms with van der Waals surface area (Å²) >= 11 is 8.83. The topological polar surface area (TPSA) is 26.0 Å². The van der Waals surface area contributed by atoms with E-state index in [1.165, 1.54) is 5.37 Å². The van der Waals surface area contributed by atoms with Crippen LogP contribution < -0.4 is 5.73 Å². The van der Waals surface area contributed by atoms with Crippen LogP contribution >= 0.6 is 24.8 Å². The molecule has 0 saturated heterocycles. The monoisotopic (exact) mass is 149 g/mol. The van der Waals surface area contributed by atoms with Crippen molar-refractivity contribution in [3.63, 3.8) is 0 Å². The van der Waals surface area contributed by atoms with E-state index in [1.807, 2.05) is 13.8 Å². The lowest BCUT2D eigenvalue weighted by atomic mass is 10.1. The number of hydrogen-bond donors (Lipinski definition) is 2. The molecule has 0 aromatic heterocycles. The van der Waals surface area contributed by atoms with Gasteiger partial charge in [-0.1, -0.05) is 12.2 Å². The quantitative estimate of drug-likeness (QED) is 0.453. The molecule has 0 fully saturated rings. The lowest BCUT2D eigenvalue weighted by Gasteiger charge is -2.21. The highest BCUT2D eigenvalue weighted by atomic mass is 32.1. The maximum atomic E-state index is 5.51. The van der Waals surface area contributed by atoms with Crippen LogP contribution in [0.4, 0.5) is 0 Å². The van der Waals surface area contributed by atoms with Gasteiger partial charge >= 0.3 is 0 Å². The van der Waals surface area contributed by atoms with Gasteiger partial charge < -0.3 is 5.73 Å². The average molecular weight is 149 g/mol. The third-order valence-corrected chi connectivity index (χ3v) is 1.55. The second-order valence-corrected chi connectivity index (χ2v) is 3.74. The second-order valence-electron chi connectivity index (χ2n) is 2.32. The molecule has 0 aliphatic heterocycles. The molecule has 0 unspecified atom stereocenters. The zero-order chi connectivity index (χ0) is 6.78. The summed E-state index contributed by atoms with van der Waals surface area (Å²) in [4.78, 5) is 0. The summed E-state index contributed by atoms with van der Waals surface area (Å²) < 4.78 is -0.179. The molecular weight excluding hydrogens is 138 g/mol. The van der Waals surface area contributed by atoms with Crippen LogP contribution in [0.2, 0.25) is 0 Å². The molecule has 8 heavy (non-hydrogen) atoms. The summed E-state index contributed by atoms with van der Waals surface area (Å²) in [6.07, 6.45) is 0. The highest BCUT2D eigenvalue weighted by Gasteiger charge is 2.18. The van der Waals surface area contributed by atoms with Crippen LogP contribution in [0.5, 0.6) is 0 Å². The molecule has 0 aliphatic carbocycles. The van der Waals surface area contributed by atoms with E-state index in [0.29, 0.717) is 0 Å². The van der Waals surface area contributed by atoms with Crippen LogP contribution in [0.3, 0.4) is 0 Å². The predicted octanol–water partition coefficient (Wildman–Crippen LogP) is 1.02. The first-order valence-corrected chi connectivity index (χ1v) is 3.33. The van der Waals surface area contributed by atoms with Crippen molar-refractivity contribution in [2.75, 3.05) is 0 Å². The number of thiocarbonyl (C=S) groups is 1. The number of rotatable bonds is 2. The maximum absolute atomic E-state index is 5.51. The Labute approximate surface area is 61.1 Å². The Morgan fingerprint density at radius 3 is 2.12 bits per heavy atom. The predicted molar refractivity (Wildman–Crippen MR) is 44.7 cm³/mol. The molecular formula is C5H11NS2. The molecule has 1 nitrogen and oxygen atoms in total. The molecule has 0 bridgehead atoms. The van der Waals surface area contributed by atoms with E-state index in [1.54, 1.807) is 0 Å². The van der Waals surface area contributed by atoms with Gasteiger partial charge in [-0.25, -0.2) is 0 Å². The van der Waals surface area contributed by atoms with Crippen molar-refractivity contribution in [3.8, 4) is 0 Å². The third-order valence-electron chi connectivity index (χ3n) is 0.962. The normalized spacial score (nSPS) is 15.5. The third kappa shape index (κ3) is 2.64. The molecule has 48 valence electrons. The van der Waals surface area contributed by atoms with Crippen LogP contribution in [0.1, 0.15) is 13.8 Å². The molecule has 2 N–H and O–H groups in total. The lowest BCUT2D eigenvalue weighted by molar-refractivity contribution is 0.668. The molecule has 0 aliphatic rings. The van der Waals surface area contributed by atoms with E-state index in [9.17, 15) is 0 Å². The number of thiol groups is 1. The summed E-state index contributed by atoms with van der Waals surface area (Å²) in [6, 6.07) is -0.0965. The standard InChI is InChI=1S/C5H11NS2/c1-5(2,8)4(6)3-7/h3-4,8H,6H2,1-2H3/t4-/m1/s1. The molecule has 0 amide bonds. The summed E-state index contributed by atoms with van der Waals surface area (Å²) in [6.45, 7) is 3.87. The Kier molecular flexibility index (Phi) is 2.94. The van der Waals surface area contributed by atoms with Gasteiger partial charge in [0, 0.05) is 10.8 Å². The largest absolute Gasteiger partial charge is 0.323 e. The second kappa shape index (κ2) is 2.80. The van der Waals surface area contributed by atoms with Crippen molar-refractivity contribution in [1.82, 2.24) is 0 Å². The van der Waals surface area contributed by atoms with Crippen LogP contribution in [0, 0.1) is 0 Å². The highest BCUT2D eigenvalue weighted by Crippen LogP contribution is 2.13. The molecule has 0 heterocycles. The van der Waals surface area contributed by atoms with Crippen molar-refractivity contribution in [2.24, 2.45) is 5.73 Å². The first kappa shape index (κ1) is 8.40.